The van der Waals surface area contributed by atoms with Crippen molar-refractivity contribution < 1.29 is 28.5 Å². The number of amides is 3. The van der Waals surface area contributed by atoms with Gasteiger partial charge in [-0.3, -0.25) is 10.1 Å². The van der Waals surface area contributed by atoms with Gasteiger partial charge in [-0.25, -0.2) is 14.5 Å². The van der Waals surface area contributed by atoms with Crippen molar-refractivity contribution in [1.82, 2.24) is 25.1 Å². The molecule has 0 atom stereocenters. The quantitative estimate of drug-likeness (QED) is 0.0602. The van der Waals surface area contributed by atoms with Crippen molar-refractivity contribution in [2.45, 2.75) is 26.2 Å². The third kappa shape index (κ3) is 10.2. The smallest absolute Gasteiger partial charge is 0.324 e. The molecule has 0 saturated carbocycles. The molecule has 14 heteroatoms. The Labute approximate surface area is 330 Å². The average molecular weight is 769 g/mol. The number of hydrogen-bond acceptors (Lipinski definition) is 10. The highest BCUT2D eigenvalue weighted by atomic mass is 16.5. The minimum Gasteiger partial charge on any atom is -0.497 e. The minimum atomic E-state index is -0.447. The van der Waals surface area contributed by atoms with Crippen LogP contribution in [-0.4, -0.2) is 72.3 Å². The number of carbonyl (C=O) groups is 2. The number of anilines is 4. The van der Waals surface area contributed by atoms with Crippen LogP contribution in [0.3, 0.4) is 0 Å². The Balaban J connectivity index is 1.16. The molecule has 2 heterocycles. The van der Waals surface area contributed by atoms with Gasteiger partial charge in [0.25, 0.3) is 5.91 Å². The lowest BCUT2D eigenvalue weighted by molar-refractivity contribution is 0.0692. The Bertz CT molecular complexity index is 2400. The largest absolute Gasteiger partial charge is 0.497 e. The highest BCUT2D eigenvalue weighted by molar-refractivity contribution is 6.07. The molecule has 3 amide bonds. The SMILES string of the molecule is C#Cc1cc(Nc2nccc(Oc3ccc(NC(=O)Nc4cc(C(C)(C)C)nn4-c4ccc(OC)cc4)c4ccccc34)n2)cc(C(=O)NCCOCCOC)c1. The molecule has 6 rings (SSSR count). The number of carbonyl (C=O) groups excluding carboxylic acids is 2. The molecule has 0 bridgehead atoms. The van der Waals surface area contributed by atoms with Gasteiger partial charge >= 0.3 is 6.03 Å². The van der Waals surface area contributed by atoms with Crippen LogP contribution in [0.4, 0.5) is 27.9 Å². The number of nitrogens with zero attached hydrogens (tertiary/aromatic N) is 4. The van der Waals surface area contributed by atoms with Crippen LogP contribution < -0.4 is 30.7 Å². The zero-order valence-electron chi connectivity index (χ0n) is 32.4. The molecule has 0 radical (unpaired) electrons. The summed E-state index contributed by atoms with van der Waals surface area (Å²) >= 11 is 0. The minimum absolute atomic E-state index is 0.224. The molecular formula is C43H44N8O6. The molecule has 4 aromatic carbocycles. The van der Waals surface area contributed by atoms with Gasteiger partial charge in [0.2, 0.25) is 11.8 Å². The highest BCUT2D eigenvalue weighted by Gasteiger charge is 2.22. The van der Waals surface area contributed by atoms with Crippen molar-refractivity contribution in [2.75, 3.05) is 56.5 Å². The summed E-state index contributed by atoms with van der Waals surface area (Å²) in [6, 6.07) is 26.6. The van der Waals surface area contributed by atoms with E-state index < -0.39 is 6.03 Å². The molecule has 0 aliphatic carbocycles. The Hall–Kier alpha value is -6.95. The fraction of sp³-hybridized carbons (Fsp3) is 0.233. The van der Waals surface area contributed by atoms with Gasteiger partial charge in [0.15, 0.2) is 0 Å². The van der Waals surface area contributed by atoms with Crippen molar-refractivity contribution >= 4 is 45.9 Å². The van der Waals surface area contributed by atoms with E-state index >= 15 is 0 Å². The number of aromatic nitrogens is 4. The summed E-state index contributed by atoms with van der Waals surface area (Å²) in [5.74, 6) is 4.49. The van der Waals surface area contributed by atoms with Crippen molar-refractivity contribution in [3.8, 4) is 35.4 Å². The first-order valence-corrected chi connectivity index (χ1v) is 18.1. The Kier molecular flexibility index (Phi) is 12.6. The third-order valence-corrected chi connectivity index (χ3v) is 8.59. The number of hydrogen-bond donors (Lipinski definition) is 4. The lowest BCUT2D eigenvalue weighted by Crippen LogP contribution is -2.27. The molecule has 0 aliphatic rings. The van der Waals surface area contributed by atoms with E-state index in [1.807, 2.05) is 54.6 Å². The van der Waals surface area contributed by atoms with Crippen molar-refractivity contribution in [3.05, 3.63) is 114 Å². The van der Waals surface area contributed by atoms with Crippen LogP contribution in [0.2, 0.25) is 0 Å². The van der Waals surface area contributed by atoms with E-state index in [0.29, 0.717) is 66.2 Å². The number of nitrogens with one attached hydrogen (secondary N) is 4. The lowest BCUT2D eigenvalue weighted by Gasteiger charge is -2.14. The molecule has 292 valence electrons. The maximum atomic E-state index is 13.5. The molecular weight excluding hydrogens is 725 g/mol. The summed E-state index contributed by atoms with van der Waals surface area (Å²) in [7, 11) is 3.21. The van der Waals surface area contributed by atoms with E-state index in [1.54, 1.807) is 61.5 Å². The van der Waals surface area contributed by atoms with Crippen molar-refractivity contribution in [3.63, 3.8) is 0 Å². The molecule has 57 heavy (non-hydrogen) atoms. The van der Waals surface area contributed by atoms with Crippen molar-refractivity contribution in [2.24, 2.45) is 0 Å². The maximum Gasteiger partial charge on any atom is 0.324 e. The molecule has 2 aromatic heterocycles. The highest BCUT2D eigenvalue weighted by Crippen LogP contribution is 2.35. The van der Waals surface area contributed by atoms with Crippen LogP contribution in [0, 0.1) is 12.3 Å². The Morgan fingerprint density at radius 3 is 2.40 bits per heavy atom. The summed E-state index contributed by atoms with van der Waals surface area (Å²) in [5, 5.41) is 18.2. The summed E-state index contributed by atoms with van der Waals surface area (Å²) in [5.41, 5.74) is 3.27. The normalized spacial score (nSPS) is 11.1. The second-order valence-electron chi connectivity index (χ2n) is 13.8. The number of fused-ring (bicyclic) bond motifs is 1. The van der Waals surface area contributed by atoms with Crippen LogP contribution in [0.5, 0.6) is 17.4 Å². The summed E-state index contributed by atoms with van der Waals surface area (Å²) in [6.07, 6.45) is 7.25. The molecule has 4 N–H and O–H groups in total. The van der Waals surface area contributed by atoms with Crippen LogP contribution in [-0.2, 0) is 14.9 Å². The van der Waals surface area contributed by atoms with Crippen LogP contribution in [0.1, 0.15) is 42.4 Å². The first-order chi connectivity index (χ1) is 27.5. The second kappa shape index (κ2) is 18.1. The van der Waals surface area contributed by atoms with Gasteiger partial charge in [-0.1, -0.05) is 51.0 Å². The molecule has 14 nitrogen and oxygen atoms in total. The van der Waals surface area contributed by atoms with E-state index in [1.165, 1.54) is 0 Å². The summed E-state index contributed by atoms with van der Waals surface area (Å²) in [4.78, 5) is 35.3. The van der Waals surface area contributed by atoms with E-state index in [2.05, 4.69) is 57.9 Å². The first kappa shape index (κ1) is 39.7. The van der Waals surface area contributed by atoms with Gasteiger partial charge in [-0.05, 0) is 54.6 Å². The lowest BCUT2D eigenvalue weighted by atomic mass is 9.92. The van der Waals surface area contributed by atoms with Crippen molar-refractivity contribution in [1.29, 1.82) is 0 Å². The number of rotatable bonds is 15. The Morgan fingerprint density at radius 2 is 1.67 bits per heavy atom. The molecule has 0 unspecified atom stereocenters. The zero-order chi connectivity index (χ0) is 40.4. The van der Waals surface area contributed by atoms with E-state index in [-0.39, 0.29) is 23.2 Å². The number of terminal acetylenes is 1. The van der Waals surface area contributed by atoms with E-state index in [0.717, 1.165) is 22.2 Å². The number of urea groups is 1. The molecule has 0 saturated heterocycles. The first-order valence-electron chi connectivity index (χ1n) is 18.1. The number of benzene rings is 4. The fourth-order valence-corrected chi connectivity index (χ4v) is 5.69. The monoisotopic (exact) mass is 768 g/mol. The standard InChI is InChI=1S/C43H44N8O6/c1-7-28-24-29(40(52)44-20-21-56-23-22-54-5)26-30(25-28)46-41-45-19-18-39(49-41)57-36-17-16-35(33-10-8-9-11-34(33)36)47-42(53)48-38-27-37(43(2,3)4)50-51(38)31-12-14-32(55-6)15-13-31/h1,8-19,24-27H,20-23H2,2-6H3,(H,44,52)(H,45,46,49)(H2,47,48,53). The molecule has 6 aromatic rings. The van der Waals surface area contributed by atoms with Crippen LogP contribution >= 0.6 is 0 Å². The second-order valence-corrected chi connectivity index (χ2v) is 13.8. The topological polar surface area (TPSA) is 163 Å². The number of methoxy groups -OCH3 is 2. The van der Waals surface area contributed by atoms with Gasteiger partial charge in [0, 0.05) is 65.0 Å². The van der Waals surface area contributed by atoms with E-state index in [9.17, 15) is 9.59 Å². The average Bonchev–Trinajstić information content (AvgIpc) is 3.64. The number of ether oxygens (including phenoxy) is 4. The Morgan fingerprint density at radius 1 is 0.877 bits per heavy atom. The summed E-state index contributed by atoms with van der Waals surface area (Å²) < 4.78 is 23.7. The van der Waals surface area contributed by atoms with Crippen LogP contribution in [0.25, 0.3) is 16.5 Å². The van der Waals surface area contributed by atoms with Gasteiger partial charge in [-0.2, -0.15) is 10.1 Å². The molecule has 0 aliphatic heterocycles. The maximum absolute atomic E-state index is 13.5. The van der Waals surface area contributed by atoms with Crippen LogP contribution in [0.15, 0.2) is 97.2 Å². The predicted octanol–water partition coefficient (Wildman–Crippen LogP) is 7.68. The zero-order valence-corrected chi connectivity index (χ0v) is 32.4. The van der Waals surface area contributed by atoms with Gasteiger partial charge < -0.3 is 34.9 Å². The van der Waals surface area contributed by atoms with Gasteiger partial charge in [0.05, 0.1) is 44.0 Å². The summed E-state index contributed by atoms with van der Waals surface area (Å²) in [6.45, 7) is 7.77. The predicted molar refractivity (Wildman–Crippen MR) is 220 cm³/mol. The third-order valence-electron chi connectivity index (χ3n) is 8.59. The fourth-order valence-electron chi connectivity index (χ4n) is 5.69. The van der Waals surface area contributed by atoms with Gasteiger partial charge in [-0.15, -0.1) is 6.42 Å². The van der Waals surface area contributed by atoms with E-state index in [4.69, 9.17) is 30.5 Å². The molecule has 0 spiro atoms. The van der Waals surface area contributed by atoms with Gasteiger partial charge in [0.1, 0.15) is 17.3 Å². The molecule has 0 fully saturated rings.